The first kappa shape index (κ1) is 25.1. The average molecular weight is 510 g/mol. The van der Waals surface area contributed by atoms with Gasteiger partial charge in [0.2, 0.25) is 12.2 Å². The summed E-state index contributed by atoms with van der Waals surface area (Å²) in [6.45, 7) is 2.58. The summed E-state index contributed by atoms with van der Waals surface area (Å²) in [5, 5.41) is 18.1. The fourth-order valence-corrected chi connectivity index (χ4v) is 3.62. The maximum atomic E-state index is 14.0. The second-order valence-corrected chi connectivity index (χ2v) is 7.93. The van der Waals surface area contributed by atoms with Crippen LogP contribution < -0.4 is 4.74 Å². The van der Waals surface area contributed by atoms with Crippen molar-refractivity contribution < 1.29 is 41.3 Å². The Morgan fingerprint density at radius 1 is 1.17 bits per heavy atom. The molecule has 0 aliphatic carbocycles. The Balaban J connectivity index is 1.60. The lowest BCUT2D eigenvalue weighted by Gasteiger charge is -2.13. The van der Waals surface area contributed by atoms with Crippen molar-refractivity contribution >= 4 is 11.5 Å². The second-order valence-electron chi connectivity index (χ2n) is 7.93. The molecule has 0 aliphatic rings. The molecule has 3 aromatic heterocycles. The maximum Gasteiger partial charge on any atom is 0.491 e. The van der Waals surface area contributed by atoms with Crippen LogP contribution in [0.3, 0.4) is 0 Å². The van der Waals surface area contributed by atoms with Gasteiger partial charge in [0, 0.05) is 23.4 Å². The third-order valence-electron chi connectivity index (χ3n) is 5.19. The van der Waals surface area contributed by atoms with E-state index in [0.717, 1.165) is 22.4 Å². The van der Waals surface area contributed by atoms with E-state index in [1.165, 1.54) is 23.0 Å². The Hall–Kier alpha value is -4.00. The maximum absolute atomic E-state index is 14.0. The minimum Gasteiger partial charge on any atom is -0.473 e. The first-order valence-corrected chi connectivity index (χ1v) is 10.5. The highest BCUT2D eigenvalue weighted by Gasteiger charge is 2.42. The normalized spacial score (nSPS) is 12.7. The molecule has 8 nitrogen and oxygen atoms in total. The van der Waals surface area contributed by atoms with Crippen LogP contribution in [0.5, 0.6) is 5.88 Å². The Morgan fingerprint density at radius 2 is 1.86 bits per heavy atom. The molecule has 36 heavy (non-hydrogen) atoms. The lowest BCUT2D eigenvalue weighted by molar-refractivity contribution is -0.220. The molecule has 190 valence electrons. The molecule has 13 heteroatoms. The number of rotatable bonds is 7. The number of fused-ring (bicyclic) bond motifs is 1. The number of carbonyl (C=O) groups excluding carboxylic acids is 1. The molecule has 0 radical (unpaired) electrons. The van der Waals surface area contributed by atoms with Crippen LogP contribution in [-0.2, 0) is 22.7 Å². The molecule has 0 bridgehead atoms. The standard InChI is InChI=1S/C23H19F5N4O4/c1-12-6-18-21(14-8-29-31(9-14)10-20(33)36-22(34)23(26,27)28)13(2)30-32(18)19(7-12)35-11-15-16(24)4-3-5-17(15)25/h3-9,20,33H,10-11H2,1-2H3. The molecular formula is C23H19F5N4O4. The van der Waals surface area contributed by atoms with Gasteiger partial charge in [-0.05, 0) is 37.6 Å². The van der Waals surface area contributed by atoms with Crippen molar-refractivity contribution in [3.05, 3.63) is 71.2 Å². The molecule has 0 aliphatic heterocycles. The van der Waals surface area contributed by atoms with Crippen LogP contribution in [0.4, 0.5) is 22.0 Å². The zero-order chi connectivity index (χ0) is 26.2. The van der Waals surface area contributed by atoms with Crippen LogP contribution in [0.2, 0.25) is 0 Å². The van der Waals surface area contributed by atoms with Crippen LogP contribution >= 0.6 is 0 Å². The van der Waals surface area contributed by atoms with Gasteiger partial charge in [0.1, 0.15) is 24.8 Å². The molecule has 1 N–H and O–H groups in total. The largest absolute Gasteiger partial charge is 0.491 e. The number of hydrogen-bond donors (Lipinski definition) is 1. The van der Waals surface area contributed by atoms with Gasteiger partial charge in [-0.25, -0.2) is 18.1 Å². The highest BCUT2D eigenvalue weighted by Crippen LogP contribution is 2.32. The average Bonchev–Trinajstić information content (AvgIpc) is 3.35. The lowest BCUT2D eigenvalue weighted by Crippen LogP contribution is -2.32. The minimum atomic E-state index is -5.24. The predicted octanol–water partition coefficient (Wildman–Crippen LogP) is 4.10. The molecule has 0 amide bonds. The van der Waals surface area contributed by atoms with Crippen molar-refractivity contribution in [1.29, 1.82) is 0 Å². The number of pyridine rings is 1. The van der Waals surface area contributed by atoms with E-state index >= 15 is 0 Å². The van der Waals surface area contributed by atoms with E-state index in [1.54, 1.807) is 26.0 Å². The van der Waals surface area contributed by atoms with Crippen molar-refractivity contribution in [2.75, 3.05) is 0 Å². The Labute approximate surface area is 200 Å². The number of halogens is 5. The highest BCUT2D eigenvalue weighted by atomic mass is 19.4. The van der Waals surface area contributed by atoms with Crippen LogP contribution in [-0.4, -0.2) is 42.9 Å². The molecule has 1 unspecified atom stereocenters. The topological polar surface area (TPSA) is 90.9 Å². The Bertz CT molecular complexity index is 1410. The molecule has 0 spiro atoms. The third kappa shape index (κ3) is 5.15. The number of carbonyl (C=O) groups is 1. The van der Waals surface area contributed by atoms with E-state index in [9.17, 15) is 31.9 Å². The van der Waals surface area contributed by atoms with E-state index < -0.39 is 36.6 Å². The summed E-state index contributed by atoms with van der Waals surface area (Å²) in [5.74, 6) is -3.78. The SMILES string of the molecule is Cc1cc(OCc2c(F)cccc2F)n2nc(C)c(-c3cnn(CC(O)OC(=O)C(F)(F)F)c3)c2c1. The van der Waals surface area contributed by atoms with Gasteiger partial charge in [-0.1, -0.05) is 6.07 Å². The van der Waals surface area contributed by atoms with Gasteiger partial charge in [0.05, 0.1) is 23.0 Å². The number of ether oxygens (including phenoxy) is 2. The van der Waals surface area contributed by atoms with Gasteiger partial charge in [0.25, 0.3) is 0 Å². The molecule has 0 saturated heterocycles. The minimum absolute atomic E-state index is 0.226. The van der Waals surface area contributed by atoms with Crippen molar-refractivity contribution in [1.82, 2.24) is 19.4 Å². The van der Waals surface area contributed by atoms with Crippen LogP contribution in [0.1, 0.15) is 16.8 Å². The van der Waals surface area contributed by atoms with E-state index in [0.29, 0.717) is 22.3 Å². The number of alkyl halides is 3. The number of aryl methyl sites for hydroxylation is 2. The van der Waals surface area contributed by atoms with E-state index in [2.05, 4.69) is 14.9 Å². The van der Waals surface area contributed by atoms with E-state index in [4.69, 9.17) is 4.74 Å². The molecule has 4 aromatic rings. The fraction of sp³-hybridized carbons (Fsp3) is 0.261. The fourth-order valence-electron chi connectivity index (χ4n) is 3.62. The van der Waals surface area contributed by atoms with Crippen molar-refractivity contribution in [3.8, 4) is 17.0 Å². The molecule has 1 aromatic carbocycles. The van der Waals surface area contributed by atoms with Gasteiger partial charge in [-0.15, -0.1) is 0 Å². The number of nitrogens with zero attached hydrogens (tertiary/aromatic N) is 4. The zero-order valence-electron chi connectivity index (χ0n) is 18.9. The first-order chi connectivity index (χ1) is 16.9. The van der Waals surface area contributed by atoms with E-state index in [-0.39, 0.29) is 18.1 Å². The number of esters is 1. The van der Waals surface area contributed by atoms with Crippen molar-refractivity contribution in [2.24, 2.45) is 0 Å². The van der Waals surface area contributed by atoms with Crippen molar-refractivity contribution in [3.63, 3.8) is 0 Å². The Kier molecular flexibility index (Phi) is 6.67. The highest BCUT2D eigenvalue weighted by molar-refractivity contribution is 5.82. The molecule has 0 fully saturated rings. The van der Waals surface area contributed by atoms with Gasteiger partial charge in [0.15, 0.2) is 0 Å². The summed E-state index contributed by atoms with van der Waals surface area (Å²) in [4.78, 5) is 10.9. The summed E-state index contributed by atoms with van der Waals surface area (Å²) >= 11 is 0. The first-order valence-electron chi connectivity index (χ1n) is 10.5. The number of benzene rings is 1. The summed E-state index contributed by atoms with van der Waals surface area (Å²) in [6.07, 6.45) is -4.47. The molecule has 4 rings (SSSR count). The predicted molar refractivity (Wildman–Crippen MR) is 115 cm³/mol. The number of aliphatic hydroxyl groups excluding tert-OH is 1. The summed E-state index contributed by atoms with van der Waals surface area (Å²) in [5.41, 5.74) is 2.74. The van der Waals surface area contributed by atoms with Gasteiger partial charge >= 0.3 is 12.1 Å². The summed E-state index contributed by atoms with van der Waals surface area (Å²) in [7, 11) is 0. The monoisotopic (exact) mass is 510 g/mol. The van der Waals surface area contributed by atoms with Crippen molar-refractivity contribution in [2.45, 2.75) is 39.5 Å². The number of aliphatic hydroxyl groups is 1. The number of aromatic nitrogens is 4. The molecule has 3 heterocycles. The molecule has 0 saturated carbocycles. The van der Waals surface area contributed by atoms with Gasteiger partial charge < -0.3 is 14.6 Å². The zero-order valence-corrected chi connectivity index (χ0v) is 18.9. The third-order valence-corrected chi connectivity index (χ3v) is 5.19. The van der Waals surface area contributed by atoms with Gasteiger partial charge in [-0.3, -0.25) is 4.68 Å². The smallest absolute Gasteiger partial charge is 0.473 e. The Morgan fingerprint density at radius 3 is 2.53 bits per heavy atom. The van der Waals surface area contributed by atoms with Crippen LogP contribution in [0, 0.1) is 25.5 Å². The van der Waals surface area contributed by atoms with Crippen LogP contribution in [0.15, 0.2) is 42.7 Å². The summed E-state index contributed by atoms with van der Waals surface area (Å²) in [6, 6.07) is 6.95. The molecular weight excluding hydrogens is 491 g/mol. The number of hydrogen-bond acceptors (Lipinski definition) is 6. The van der Waals surface area contributed by atoms with E-state index in [1.807, 2.05) is 0 Å². The van der Waals surface area contributed by atoms with Crippen LogP contribution in [0.25, 0.3) is 16.6 Å². The molecule has 1 atom stereocenters. The second kappa shape index (κ2) is 9.57. The lowest BCUT2D eigenvalue weighted by atomic mass is 10.1. The quantitative estimate of drug-likeness (QED) is 0.229. The van der Waals surface area contributed by atoms with Gasteiger partial charge in [-0.2, -0.15) is 23.4 Å². The summed E-state index contributed by atoms with van der Waals surface area (Å²) < 4.78 is 77.2.